The molecule has 1 aliphatic heterocycles. The molecule has 1 aromatic carbocycles. The molecule has 0 bridgehead atoms. The van der Waals surface area contributed by atoms with Crippen LogP contribution >= 0.6 is 0 Å². The van der Waals surface area contributed by atoms with Crippen molar-refractivity contribution in [2.45, 2.75) is 6.92 Å². The van der Waals surface area contributed by atoms with E-state index in [2.05, 4.69) is 4.99 Å². The van der Waals surface area contributed by atoms with Crippen molar-refractivity contribution in [3.8, 4) is 0 Å². The third-order valence-electron chi connectivity index (χ3n) is 3.07. The summed E-state index contributed by atoms with van der Waals surface area (Å²) in [5.41, 5.74) is 1.66. The van der Waals surface area contributed by atoms with Gasteiger partial charge >= 0.3 is 11.9 Å². The summed E-state index contributed by atoms with van der Waals surface area (Å²) in [6.07, 6.45) is 1.31. The zero-order valence-electron chi connectivity index (χ0n) is 11.5. The predicted octanol–water partition coefficient (Wildman–Crippen LogP) is 2.84. The number of carbonyl (C=O) groups is 1. The average molecular weight is 298 g/mol. The first-order valence-electron chi connectivity index (χ1n) is 6.37. The van der Waals surface area contributed by atoms with E-state index < -0.39 is 16.8 Å². The van der Waals surface area contributed by atoms with Gasteiger partial charge in [-0.15, -0.1) is 0 Å². The summed E-state index contributed by atoms with van der Waals surface area (Å²) in [6, 6.07) is 9.95. The summed E-state index contributed by atoms with van der Waals surface area (Å²) in [4.78, 5) is 25.9. The number of benzene rings is 1. The number of nitro groups is 1. The predicted molar refractivity (Wildman–Crippen MR) is 77.1 cm³/mol. The second-order valence-electron chi connectivity index (χ2n) is 4.58. The minimum absolute atomic E-state index is 0.0301. The number of cyclic esters (lactones) is 1. The standard InChI is InChI=1S/C15H10N2O5/c1-9-4-2-3-5-11(9)14-16-12(15(18)22-14)8-10-6-7-13(21-10)17(19)20/h2-8H,1H3/b12-8-. The van der Waals surface area contributed by atoms with Gasteiger partial charge in [0.15, 0.2) is 5.70 Å². The van der Waals surface area contributed by atoms with Crippen molar-refractivity contribution in [2.75, 3.05) is 0 Å². The number of hydrogen-bond donors (Lipinski definition) is 0. The third kappa shape index (κ3) is 2.51. The van der Waals surface area contributed by atoms with Crippen molar-refractivity contribution in [3.63, 3.8) is 0 Å². The number of ether oxygens (including phenoxy) is 1. The van der Waals surface area contributed by atoms with Gasteiger partial charge in [0, 0.05) is 11.6 Å². The molecule has 0 amide bonds. The van der Waals surface area contributed by atoms with Crippen LogP contribution in [0.2, 0.25) is 0 Å². The van der Waals surface area contributed by atoms with Gasteiger partial charge < -0.3 is 9.15 Å². The van der Waals surface area contributed by atoms with Crippen LogP contribution in [0.15, 0.2) is 51.5 Å². The number of aliphatic imine (C=N–C) groups is 1. The van der Waals surface area contributed by atoms with Gasteiger partial charge in [-0.2, -0.15) is 0 Å². The molecule has 0 atom stereocenters. The minimum atomic E-state index is -0.656. The SMILES string of the molecule is Cc1ccccc1C1=N/C(=C\c2ccc([N+](=O)[O-])o2)C(=O)O1. The summed E-state index contributed by atoms with van der Waals surface area (Å²) >= 11 is 0. The number of hydrogen-bond acceptors (Lipinski definition) is 6. The topological polar surface area (TPSA) is 94.9 Å². The van der Waals surface area contributed by atoms with E-state index in [1.165, 1.54) is 18.2 Å². The molecule has 1 aromatic heterocycles. The Kier molecular flexibility index (Phi) is 3.30. The molecule has 0 spiro atoms. The minimum Gasteiger partial charge on any atom is -0.402 e. The molecule has 1 aliphatic rings. The van der Waals surface area contributed by atoms with E-state index in [1.54, 1.807) is 6.07 Å². The first-order chi connectivity index (χ1) is 10.5. The fraction of sp³-hybridized carbons (Fsp3) is 0.0667. The van der Waals surface area contributed by atoms with Crippen molar-refractivity contribution in [1.29, 1.82) is 0 Å². The molecule has 2 aromatic rings. The van der Waals surface area contributed by atoms with Gasteiger partial charge in [-0.05, 0) is 24.6 Å². The van der Waals surface area contributed by atoms with Crippen LogP contribution in [0.25, 0.3) is 6.08 Å². The number of nitrogens with zero attached hydrogens (tertiary/aromatic N) is 2. The zero-order valence-corrected chi connectivity index (χ0v) is 11.5. The Morgan fingerprint density at radius 3 is 2.68 bits per heavy atom. The number of esters is 1. The van der Waals surface area contributed by atoms with Crippen LogP contribution in [-0.4, -0.2) is 16.8 Å². The van der Waals surface area contributed by atoms with Gasteiger partial charge in [-0.1, -0.05) is 18.2 Å². The molecule has 0 aliphatic carbocycles. The lowest BCUT2D eigenvalue weighted by Crippen LogP contribution is -2.06. The number of aryl methyl sites for hydroxylation is 1. The van der Waals surface area contributed by atoms with E-state index in [0.717, 1.165) is 5.56 Å². The summed E-state index contributed by atoms with van der Waals surface area (Å²) in [5.74, 6) is -0.664. The normalized spacial score (nSPS) is 15.8. The fourth-order valence-electron chi connectivity index (χ4n) is 1.99. The Labute approximate surface area is 124 Å². The molecule has 0 saturated heterocycles. The highest BCUT2D eigenvalue weighted by molar-refractivity contribution is 6.13. The van der Waals surface area contributed by atoms with Crippen LogP contribution in [0.4, 0.5) is 5.88 Å². The molecule has 7 nitrogen and oxygen atoms in total. The molecule has 7 heteroatoms. The Morgan fingerprint density at radius 1 is 1.23 bits per heavy atom. The smallest absolute Gasteiger partial charge is 0.402 e. The summed E-state index contributed by atoms with van der Waals surface area (Å²) in [6.45, 7) is 1.88. The average Bonchev–Trinajstić information content (AvgIpc) is 3.08. The van der Waals surface area contributed by atoms with Crippen molar-refractivity contribution in [2.24, 2.45) is 4.99 Å². The molecule has 3 rings (SSSR count). The second kappa shape index (κ2) is 5.28. The molecule has 0 unspecified atom stereocenters. The summed E-state index contributed by atoms with van der Waals surface area (Å²) in [5, 5.41) is 10.6. The lowest BCUT2D eigenvalue weighted by atomic mass is 10.1. The van der Waals surface area contributed by atoms with Crippen molar-refractivity contribution in [3.05, 3.63) is 69.1 Å². The molecule has 0 fully saturated rings. The van der Waals surface area contributed by atoms with Gasteiger partial charge in [0.2, 0.25) is 5.90 Å². The molecule has 0 radical (unpaired) electrons. The Balaban J connectivity index is 1.94. The number of carbonyl (C=O) groups excluding carboxylic acids is 1. The molecule has 0 saturated carbocycles. The van der Waals surface area contributed by atoms with Gasteiger partial charge in [0.1, 0.15) is 10.7 Å². The van der Waals surface area contributed by atoms with Crippen LogP contribution in [-0.2, 0) is 9.53 Å². The monoisotopic (exact) mass is 298 g/mol. The maximum Gasteiger partial charge on any atom is 0.433 e. The van der Waals surface area contributed by atoms with E-state index in [-0.39, 0.29) is 17.4 Å². The van der Waals surface area contributed by atoms with Gasteiger partial charge in [0.05, 0.1) is 6.07 Å². The summed E-state index contributed by atoms with van der Waals surface area (Å²) in [7, 11) is 0. The zero-order chi connectivity index (χ0) is 15.7. The fourth-order valence-corrected chi connectivity index (χ4v) is 1.99. The highest BCUT2D eigenvalue weighted by atomic mass is 16.6. The van der Waals surface area contributed by atoms with Gasteiger partial charge in [-0.25, -0.2) is 9.79 Å². The quantitative estimate of drug-likeness (QED) is 0.376. The lowest BCUT2D eigenvalue weighted by Gasteiger charge is -2.02. The second-order valence-corrected chi connectivity index (χ2v) is 4.58. The maximum absolute atomic E-state index is 11.8. The van der Waals surface area contributed by atoms with Crippen molar-refractivity contribution < 1.29 is 18.9 Å². The molecule has 22 heavy (non-hydrogen) atoms. The Bertz CT molecular complexity index is 832. The first kappa shape index (κ1) is 13.7. The Morgan fingerprint density at radius 2 is 2.00 bits per heavy atom. The van der Waals surface area contributed by atoms with Crippen LogP contribution in [0, 0.1) is 17.0 Å². The van der Waals surface area contributed by atoms with Crippen molar-refractivity contribution in [1.82, 2.24) is 0 Å². The molecule has 110 valence electrons. The lowest BCUT2D eigenvalue weighted by molar-refractivity contribution is -0.402. The van der Waals surface area contributed by atoms with Crippen LogP contribution in [0.5, 0.6) is 0 Å². The molecule has 2 heterocycles. The molecular formula is C15H10N2O5. The van der Waals surface area contributed by atoms with Crippen molar-refractivity contribution >= 4 is 23.8 Å². The van der Waals surface area contributed by atoms with E-state index in [1.807, 2.05) is 25.1 Å². The van der Waals surface area contributed by atoms with E-state index >= 15 is 0 Å². The van der Waals surface area contributed by atoms with Crippen LogP contribution in [0.3, 0.4) is 0 Å². The van der Waals surface area contributed by atoms with Crippen LogP contribution in [0.1, 0.15) is 16.9 Å². The van der Waals surface area contributed by atoms with Crippen LogP contribution < -0.4 is 0 Å². The third-order valence-corrected chi connectivity index (χ3v) is 3.07. The highest BCUT2D eigenvalue weighted by Crippen LogP contribution is 2.23. The highest BCUT2D eigenvalue weighted by Gasteiger charge is 2.25. The number of rotatable bonds is 3. The molecular weight excluding hydrogens is 288 g/mol. The summed E-state index contributed by atoms with van der Waals surface area (Å²) < 4.78 is 10.1. The van der Waals surface area contributed by atoms with Gasteiger partial charge in [-0.3, -0.25) is 10.1 Å². The van der Waals surface area contributed by atoms with Gasteiger partial charge in [0.25, 0.3) is 0 Å². The van der Waals surface area contributed by atoms with E-state index in [0.29, 0.717) is 5.56 Å². The number of furan rings is 1. The molecule has 0 N–H and O–H groups in total. The van der Waals surface area contributed by atoms with E-state index in [9.17, 15) is 14.9 Å². The van der Waals surface area contributed by atoms with E-state index in [4.69, 9.17) is 9.15 Å². The maximum atomic E-state index is 11.8. The Hall–Kier alpha value is -3.22. The first-order valence-corrected chi connectivity index (χ1v) is 6.37. The largest absolute Gasteiger partial charge is 0.433 e.